The van der Waals surface area contributed by atoms with Crippen molar-refractivity contribution in [1.29, 1.82) is 0 Å². The van der Waals surface area contributed by atoms with E-state index in [9.17, 15) is 0 Å². The molecule has 1 heterocycles. The van der Waals surface area contributed by atoms with E-state index in [1.807, 2.05) is 0 Å². The van der Waals surface area contributed by atoms with Gasteiger partial charge in [0.25, 0.3) is 0 Å². The smallest absolute Gasteiger partial charge is 0.0195 e. The number of benzene rings is 1. The van der Waals surface area contributed by atoms with E-state index in [-0.39, 0.29) is 19.8 Å². The van der Waals surface area contributed by atoms with Crippen LogP contribution in [0, 0.1) is 7.43 Å². The maximum Gasteiger partial charge on any atom is -0.0195 e. The molecule has 1 aromatic carbocycles. The average Bonchev–Trinajstić information content (AvgIpc) is 2.32. The summed E-state index contributed by atoms with van der Waals surface area (Å²) >= 11 is -0.472. The van der Waals surface area contributed by atoms with E-state index in [2.05, 4.69) is 35.6 Å². The quantitative estimate of drug-likeness (QED) is 0.549. The van der Waals surface area contributed by atoms with Gasteiger partial charge in [0.1, 0.15) is 0 Å². The van der Waals surface area contributed by atoms with Gasteiger partial charge in [-0.3, -0.25) is 0 Å². The minimum atomic E-state index is -0.472. The van der Waals surface area contributed by atoms with E-state index in [0.29, 0.717) is 0 Å². The van der Waals surface area contributed by atoms with Crippen molar-refractivity contribution in [2.45, 2.75) is 18.8 Å². The van der Waals surface area contributed by atoms with E-state index < -0.39 is 16.5 Å². The molecular weight excluding hydrogens is 460 g/mol. The molecule has 0 atom stereocenters. The van der Waals surface area contributed by atoms with Gasteiger partial charge in [0.05, 0.1) is 0 Å². The summed E-state index contributed by atoms with van der Waals surface area (Å²) in [5.74, 6) is 0.767. The first kappa shape index (κ1) is 20.1. The maximum atomic E-state index is 4.88. The summed E-state index contributed by atoms with van der Waals surface area (Å²) in [6, 6.07) is 10.8. The molecule has 1 aliphatic rings. The first-order valence-corrected chi connectivity index (χ1v) is 10.5. The number of piperidine rings is 1. The number of halogens is 3. The van der Waals surface area contributed by atoms with E-state index in [0.717, 1.165) is 19.0 Å². The minimum absolute atomic E-state index is 0. The van der Waals surface area contributed by atoms with Crippen molar-refractivity contribution in [3.63, 3.8) is 0 Å². The van der Waals surface area contributed by atoms with Crippen molar-refractivity contribution in [1.82, 2.24) is 0 Å². The Morgan fingerprint density at radius 1 is 1.06 bits per heavy atom. The van der Waals surface area contributed by atoms with Gasteiger partial charge in [-0.1, -0.05) is 43.2 Å². The van der Waals surface area contributed by atoms with Gasteiger partial charge in [-0.25, -0.2) is 0 Å². The molecule has 0 aromatic heterocycles. The Morgan fingerprint density at radius 3 is 2.00 bits per heavy atom. The summed E-state index contributed by atoms with van der Waals surface area (Å²) in [6.07, 6.45) is 2.48. The van der Waals surface area contributed by atoms with Crippen LogP contribution in [0.1, 0.15) is 24.3 Å². The number of hydrogen-bond donors (Lipinski definition) is 0. The van der Waals surface area contributed by atoms with Crippen LogP contribution >= 0.6 is 18.8 Å². The Kier molecular flexibility index (Phi) is 15.6. The van der Waals surface area contributed by atoms with Crippen molar-refractivity contribution in [2.24, 2.45) is 0 Å². The van der Waals surface area contributed by atoms with E-state index >= 15 is 0 Å². The average molecular weight is 477 g/mol. The Bertz CT molecular complexity index is 253. The third-order valence-corrected chi connectivity index (χ3v) is 2.54. The fourth-order valence-corrected chi connectivity index (χ4v) is 1.81. The molecule has 0 saturated carbocycles. The van der Waals surface area contributed by atoms with Crippen LogP contribution in [0.5, 0.6) is 0 Å². The van der Waals surface area contributed by atoms with Crippen LogP contribution in [0.3, 0.4) is 0 Å². The zero-order chi connectivity index (χ0) is 10.9. The molecule has 1 aromatic rings. The molecule has 17 heavy (non-hydrogen) atoms. The van der Waals surface area contributed by atoms with Crippen LogP contribution in [-0.2, 0) is 16.5 Å². The maximum absolute atomic E-state index is 4.88. The van der Waals surface area contributed by atoms with Crippen LogP contribution in [0.4, 0.5) is 0 Å². The van der Waals surface area contributed by atoms with Gasteiger partial charge in [0.15, 0.2) is 0 Å². The molecule has 0 radical (unpaired) electrons. The second-order valence-electron chi connectivity index (χ2n) is 3.40. The van der Waals surface area contributed by atoms with Crippen LogP contribution in [0.25, 0.3) is 5.32 Å². The fourth-order valence-electron chi connectivity index (χ4n) is 1.81. The third kappa shape index (κ3) is 8.45. The van der Waals surface area contributed by atoms with Crippen LogP contribution in [0.15, 0.2) is 30.3 Å². The molecule has 0 amide bonds. The van der Waals surface area contributed by atoms with Crippen molar-refractivity contribution in [2.75, 3.05) is 13.1 Å². The van der Waals surface area contributed by atoms with Gasteiger partial charge in [-0.15, -0.1) is 13.1 Å². The normalized spacial score (nSPS) is 14.9. The van der Waals surface area contributed by atoms with Crippen molar-refractivity contribution < 1.29 is 28.9 Å². The summed E-state index contributed by atoms with van der Waals surface area (Å²) in [7, 11) is 9.75. The molecule has 1 aliphatic heterocycles. The second kappa shape index (κ2) is 13.2. The summed E-state index contributed by atoms with van der Waals surface area (Å²) < 4.78 is 0. The first-order chi connectivity index (χ1) is 7.38. The van der Waals surface area contributed by atoms with Crippen molar-refractivity contribution >= 4 is 18.8 Å². The Balaban J connectivity index is 0. The molecule has 1 fully saturated rings. The summed E-state index contributed by atoms with van der Waals surface area (Å²) in [5, 5.41) is 4.35. The molecule has 0 N–H and O–H groups in total. The molecule has 0 spiro atoms. The van der Waals surface area contributed by atoms with Crippen LogP contribution < -0.4 is 12.4 Å². The topological polar surface area (TPSA) is 14.1 Å². The molecule has 0 bridgehead atoms. The monoisotopic (exact) mass is 475 g/mol. The van der Waals surface area contributed by atoms with Gasteiger partial charge in [0, 0.05) is 0 Å². The van der Waals surface area contributed by atoms with Gasteiger partial charge < -0.3 is 25.2 Å². The predicted molar refractivity (Wildman–Crippen MR) is 69.6 cm³/mol. The number of nitrogens with zero attached hydrogens (tertiary/aromatic N) is 1. The van der Waals surface area contributed by atoms with Crippen LogP contribution in [-0.4, -0.2) is 13.1 Å². The molecule has 1 nitrogen and oxygen atoms in total. The minimum Gasteiger partial charge on any atom is -0.662 e. The molecule has 102 valence electrons. The van der Waals surface area contributed by atoms with Crippen molar-refractivity contribution in [3.05, 3.63) is 48.6 Å². The first-order valence-electron chi connectivity index (χ1n) is 4.89. The zero-order valence-electron chi connectivity index (χ0n) is 9.69. The van der Waals surface area contributed by atoms with Crippen LogP contribution in [0.2, 0.25) is 0 Å². The van der Waals surface area contributed by atoms with E-state index in [1.54, 1.807) is 0 Å². The standard InChI is InChI=1S/C11H14N.CH3.3ClH.Pt/c1-2-4-10(5-3-1)11-6-8-12-9-7-11;;;;;/h1-5,11H,6-9H2;1H3;3*1H;/q2*-1;;;;+4/p-3. The molecule has 5 heteroatoms. The summed E-state index contributed by atoms with van der Waals surface area (Å²) in [5.41, 5.74) is 1.49. The van der Waals surface area contributed by atoms with Gasteiger partial charge >= 0.3 is 35.3 Å². The van der Waals surface area contributed by atoms with Crippen molar-refractivity contribution in [3.8, 4) is 0 Å². The Labute approximate surface area is 127 Å². The number of hydrogen-bond acceptors (Lipinski definition) is 0. The molecule has 0 aliphatic carbocycles. The van der Waals surface area contributed by atoms with E-state index in [4.69, 9.17) is 18.8 Å². The largest absolute Gasteiger partial charge is 0.662 e. The molecular formula is C12H17Cl3NPt-. The molecule has 0 unspecified atom stereocenters. The Hall–Kier alpha value is 0.738. The number of rotatable bonds is 1. The molecule has 2 rings (SSSR count). The van der Waals surface area contributed by atoms with E-state index in [1.165, 1.54) is 18.4 Å². The zero-order valence-corrected chi connectivity index (χ0v) is 14.2. The summed E-state index contributed by atoms with van der Waals surface area (Å²) in [4.78, 5) is 0. The Morgan fingerprint density at radius 2 is 1.53 bits per heavy atom. The fraction of sp³-hybridized carbons (Fsp3) is 0.417. The third-order valence-electron chi connectivity index (χ3n) is 2.54. The molecule has 1 saturated heterocycles. The van der Waals surface area contributed by atoms with Gasteiger partial charge in [0.2, 0.25) is 0 Å². The van der Waals surface area contributed by atoms with Gasteiger partial charge in [-0.05, 0) is 11.5 Å². The second-order valence-corrected chi connectivity index (χ2v) is 6.68. The van der Waals surface area contributed by atoms with Gasteiger partial charge in [-0.2, -0.15) is 0 Å². The summed E-state index contributed by atoms with van der Waals surface area (Å²) in [6.45, 7) is 2.11. The SMILES string of the molecule is [CH3-].[Cl-].[Cl][Pt+2][Cl].c1ccc(C2CC[N-]CC2)cc1. The predicted octanol–water partition coefficient (Wildman–Crippen LogP) is 1.77.